The van der Waals surface area contributed by atoms with E-state index in [2.05, 4.69) is 15.4 Å². The minimum Gasteiger partial charge on any atom is -0.335 e. The summed E-state index contributed by atoms with van der Waals surface area (Å²) < 4.78 is 25.4. The zero-order valence-electron chi connectivity index (χ0n) is 13.6. The van der Waals surface area contributed by atoms with Crippen LogP contribution < -0.4 is 15.4 Å². The molecule has 6 nitrogen and oxygen atoms in total. The number of para-hydroxylation sites is 1. The topological polar surface area (TPSA) is 87.3 Å². The normalized spacial score (nSPS) is 17.3. The van der Waals surface area contributed by atoms with Crippen LogP contribution in [0.2, 0.25) is 0 Å². The summed E-state index contributed by atoms with van der Waals surface area (Å²) in [6.45, 7) is 1.84. The molecule has 1 aliphatic rings. The number of anilines is 1. The first-order chi connectivity index (χ1) is 10.8. The zero-order chi connectivity index (χ0) is 16.9. The van der Waals surface area contributed by atoms with Crippen LogP contribution in [0.15, 0.2) is 24.3 Å². The molecule has 7 heteroatoms. The third-order valence-electron chi connectivity index (χ3n) is 4.01. The maximum absolute atomic E-state index is 12.1. The van der Waals surface area contributed by atoms with E-state index in [-0.39, 0.29) is 18.1 Å². The lowest BCUT2D eigenvalue weighted by Gasteiger charge is -2.24. The molecule has 0 saturated heterocycles. The molecule has 1 atom stereocenters. The highest BCUT2D eigenvalue weighted by Crippen LogP contribution is 2.23. The van der Waals surface area contributed by atoms with Crippen molar-refractivity contribution in [2.75, 3.05) is 11.0 Å². The molecule has 1 aliphatic carbocycles. The Kier molecular flexibility index (Phi) is 5.87. The van der Waals surface area contributed by atoms with Crippen molar-refractivity contribution in [3.05, 3.63) is 29.8 Å². The van der Waals surface area contributed by atoms with E-state index < -0.39 is 10.0 Å². The highest BCUT2D eigenvalue weighted by atomic mass is 32.2. The smallest absolute Gasteiger partial charge is 0.315 e. The first-order valence-corrected chi connectivity index (χ1v) is 9.88. The molecule has 2 rings (SSSR count). The van der Waals surface area contributed by atoms with Gasteiger partial charge in [0.2, 0.25) is 10.0 Å². The number of carbonyl (C=O) groups excluding carboxylic acids is 1. The molecule has 23 heavy (non-hydrogen) atoms. The summed E-state index contributed by atoms with van der Waals surface area (Å²) >= 11 is 0. The molecular weight excluding hydrogens is 314 g/mol. The van der Waals surface area contributed by atoms with E-state index in [1.165, 1.54) is 6.42 Å². The van der Waals surface area contributed by atoms with Gasteiger partial charge in [-0.15, -0.1) is 0 Å². The highest BCUT2D eigenvalue weighted by Gasteiger charge is 2.18. The molecule has 0 aromatic heterocycles. The van der Waals surface area contributed by atoms with Crippen molar-refractivity contribution in [1.29, 1.82) is 0 Å². The SMILES string of the molecule is CC(NC(=O)NC1CCCCC1)c1ccccc1NS(C)(=O)=O. The lowest BCUT2D eigenvalue weighted by Crippen LogP contribution is -2.43. The summed E-state index contributed by atoms with van der Waals surface area (Å²) in [5.41, 5.74) is 1.22. The van der Waals surface area contributed by atoms with Gasteiger partial charge in [0.1, 0.15) is 0 Å². The first kappa shape index (κ1) is 17.6. The summed E-state index contributed by atoms with van der Waals surface area (Å²) in [4.78, 5) is 12.1. The Morgan fingerprint density at radius 3 is 2.48 bits per heavy atom. The number of carbonyl (C=O) groups is 1. The van der Waals surface area contributed by atoms with Gasteiger partial charge < -0.3 is 10.6 Å². The molecule has 3 N–H and O–H groups in total. The van der Waals surface area contributed by atoms with Gasteiger partial charge in [0, 0.05) is 6.04 Å². The predicted octanol–water partition coefficient (Wildman–Crippen LogP) is 2.75. The molecule has 0 spiro atoms. The first-order valence-electron chi connectivity index (χ1n) is 7.99. The lowest BCUT2D eigenvalue weighted by atomic mass is 9.96. The Bertz CT molecular complexity index is 640. The van der Waals surface area contributed by atoms with Crippen molar-refractivity contribution in [2.45, 2.75) is 51.1 Å². The number of hydrogen-bond donors (Lipinski definition) is 3. The molecule has 128 valence electrons. The van der Waals surface area contributed by atoms with E-state index in [0.717, 1.165) is 37.5 Å². The van der Waals surface area contributed by atoms with Crippen LogP contribution in [0, 0.1) is 0 Å². The van der Waals surface area contributed by atoms with Gasteiger partial charge >= 0.3 is 6.03 Å². The second-order valence-corrected chi connectivity index (χ2v) is 7.88. The Balaban J connectivity index is 1.99. The number of nitrogens with one attached hydrogen (secondary N) is 3. The summed E-state index contributed by atoms with van der Waals surface area (Å²) in [6, 6.07) is 6.79. The fourth-order valence-electron chi connectivity index (χ4n) is 2.92. The van der Waals surface area contributed by atoms with E-state index >= 15 is 0 Å². The van der Waals surface area contributed by atoms with Gasteiger partial charge in [-0.1, -0.05) is 37.5 Å². The Morgan fingerprint density at radius 1 is 1.17 bits per heavy atom. The van der Waals surface area contributed by atoms with Gasteiger partial charge in [-0.25, -0.2) is 13.2 Å². The number of sulfonamides is 1. The lowest BCUT2D eigenvalue weighted by molar-refractivity contribution is 0.229. The largest absolute Gasteiger partial charge is 0.335 e. The molecule has 1 unspecified atom stereocenters. The quantitative estimate of drug-likeness (QED) is 0.771. The summed E-state index contributed by atoms with van der Waals surface area (Å²) in [5, 5.41) is 5.88. The molecule has 0 radical (unpaired) electrons. The van der Waals surface area contributed by atoms with Gasteiger partial charge in [-0.2, -0.15) is 0 Å². The third kappa shape index (κ3) is 5.74. The molecule has 0 bridgehead atoms. The minimum atomic E-state index is -3.36. The Labute approximate surface area is 138 Å². The number of urea groups is 1. The van der Waals surface area contributed by atoms with Crippen LogP contribution in [-0.4, -0.2) is 26.7 Å². The van der Waals surface area contributed by atoms with E-state index in [1.807, 2.05) is 13.0 Å². The maximum atomic E-state index is 12.1. The molecule has 1 saturated carbocycles. The fourth-order valence-corrected chi connectivity index (χ4v) is 3.50. The van der Waals surface area contributed by atoms with Crippen LogP contribution in [-0.2, 0) is 10.0 Å². The summed E-state index contributed by atoms with van der Waals surface area (Å²) in [6.07, 6.45) is 6.70. The minimum absolute atomic E-state index is 0.210. The van der Waals surface area contributed by atoms with Gasteiger partial charge in [-0.3, -0.25) is 4.72 Å². The predicted molar refractivity (Wildman–Crippen MR) is 91.9 cm³/mol. The van der Waals surface area contributed by atoms with Crippen LogP contribution in [0.25, 0.3) is 0 Å². The zero-order valence-corrected chi connectivity index (χ0v) is 14.4. The van der Waals surface area contributed by atoms with Crippen LogP contribution >= 0.6 is 0 Å². The Hall–Kier alpha value is -1.76. The van der Waals surface area contributed by atoms with Gasteiger partial charge in [0.05, 0.1) is 18.0 Å². The van der Waals surface area contributed by atoms with E-state index in [0.29, 0.717) is 5.69 Å². The molecule has 2 amide bonds. The standard InChI is InChI=1S/C16H25N3O3S/c1-12(17-16(20)18-13-8-4-3-5-9-13)14-10-6-7-11-15(14)19-23(2,21)22/h6-7,10-13,19H,3-5,8-9H2,1-2H3,(H2,17,18,20). The second kappa shape index (κ2) is 7.68. The van der Waals surface area contributed by atoms with Crippen molar-refractivity contribution in [2.24, 2.45) is 0 Å². The summed E-state index contributed by atoms with van der Waals surface area (Å²) in [7, 11) is -3.36. The van der Waals surface area contributed by atoms with Crippen molar-refractivity contribution >= 4 is 21.7 Å². The number of rotatable bonds is 5. The van der Waals surface area contributed by atoms with Crippen LogP contribution in [0.5, 0.6) is 0 Å². The molecule has 1 fully saturated rings. The third-order valence-corrected chi connectivity index (χ3v) is 4.60. The maximum Gasteiger partial charge on any atom is 0.315 e. The number of hydrogen-bond acceptors (Lipinski definition) is 3. The molecule has 1 aromatic carbocycles. The molecule has 1 aromatic rings. The van der Waals surface area contributed by atoms with Gasteiger partial charge in [0.25, 0.3) is 0 Å². The number of benzene rings is 1. The van der Waals surface area contributed by atoms with Crippen molar-refractivity contribution < 1.29 is 13.2 Å². The average Bonchev–Trinajstić information content (AvgIpc) is 2.47. The number of amides is 2. The van der Waals surface area contributed by atoms with Crippen molar-refractivity contribution in [3.8, 4) is 0 Å². The molecule has 0 heterocycles. The van der Waals surface area contributed by atoms with Gasteiger partial charge in [-0.05, 0) is 31.4 Å². The van der Waals surface area contributed by atoms with Crippen LogP contribution in [0.3, 0.4) is 0 Å². The van der Waals surface area contributed by atoms with Crippen molar-refractivity contribution in [3.63, 3.8) is 0 Å². The van der Waals surface area contributed by atoms with Crippen LogP contribution in [0.1, 0.15) is 50.6 Å². The average molecular weight is 339 g/mol. The fraction of sp³-hybridized carbons (Fsp3) is 0.562. The second-order valence-electron chi connectivity index (χ2n) is 6.14. The van der Waals surface area contributed by atoms with E-state index in [9.17, 15) is 13.2 Å². The van der Waals surface area contributed by atoms with Crippen LogP contribution in [0.4, 0.5) is 10.5 Å². The molecule has 0 aliphatic heterocycles. The molecular formula is C16H25N3O3S. The Morgan fingerprint density at radius 2 is 1.83 bits per heavy atom. The van der Waals surface area contributed by atoms with E-state index in [1.54, 1.807) is 18.2 Å². The van der Waals surface area contributed by atoms with E-state index in [4.69, 9.17) is 0 Å². The summed E-state index contributed by atoms with van der Waals surface area (Å²) in [5.74, 6) is 0. The van der Waals surface area contributed by atoms with Gasteiger partial charge in [0.15, 0.2) is 0 Å². The van der Waals surface area contributed by atoms with Crippen molar-refractivity contribution in [1.82, 2.24) is 10.6 Å². The highest BCUT2D eigenvalue weighted by molar-refractivity contribution is 7.92. The monoisotopic (exact) mass is 339 g/mol.